The van der Waals surface area contributed by atoms with E-state index in [0.29, 0.717) is 10.9 Å². The van der Waals surface area contributed by atoms with Crippen molar-refractivity contribution in [3.05, 3.63) is 30.5 Å². The zero-order valence-electron chi connectivity index (χ0n) is 9.94. The van der Waals surface area contributed by atoms with Gasteiger partial charge in [-0.15, -0.1) is 0 Å². The number of carboxylic acid groups (broad SMARTS) is 1. The summed E-state index contributed by atoms with van der Waals surface area (Å²) >= 11 is 0. The van der Waals surface area contributed by atoms with Crippen LogP contribution in [0.5, 0.6) is 0 Å². The fourth-order valence-electron chi connectivity index (χ4n) is 1.81. The quantitative estimate of drug-likeness (QED) is 0.908. The maximum Gasteiger partial charge on any atom is 0.471 e. The molecule has 0 aliphatic carbocycles. The minimum absolute atomic E-state index is 0.0195. The van der Waals surface area contributed by atoms with Crippen molar-refractivity contribution in [1.82, 2.24) is 4.57 Å². The third kappa shape index (κ3) is 2.73. The van der Waals surface area contributed by atoms with Crippen LogP contribution in [0.3, 0.4) is 0 Å². The molecule has 0 radical (unpaired) electrons. The molecule has 0 fully saturated rings. The van der Waals surface area contributed by atoms with E-state index in [2.05, 4.69) is 0 Å². The summed E-state index contributed by atoms with van der Waals surface area (Å²) in [5.74, 6) is -3.15. The van der Waals surface area contributed by atoms with Gasteiger partial charge in [-0.1, -0.05) is 6.07 Å². The minimum Gasteiger partial charge on any atom is -0.480 e. The van der Waals surface area contributed by atoms with E-state index >= 15 is 0 Å². The van der Waals surface area contributed by atoms with E-state index in [0.717, 1.165) is 0 Å². The highest BCUT2D eigenvalue weighted by Crippen LogP contribution is 2.26. The fraction of sp³-hybridized carbons (Fsp3) is 0.167. The summed E-state index contributed by atoms with van der Waals surface area (Å²) in [6, 6.07) is 5.76. The van der Waals surface area contributed by atoms with Crippen molar-refractivity contribution >= 4 is 28.5 Å². The number of aromatic nitrogens is 1. The molecule has 1 aromatic carbocycles. The number of carboxylic acids is 1. The molecule has 2 aromatic rings. The molecule has 0 aliphatic heterocycles. The number of alkyl halides is 3. The molecule has 1 aromatic heterocycles. The Kier molecular flexibility index (Phi) is 3.39. The molecule has 0 spiro atoms. The lowest BCUT2D eigenvalue weighted by Crippen LogP contribution is -2.29. The van der Waals surface area contributed by atoms with Gasteiger partial charge in [-0.2, -0.15) is 13.2 Å². The molecular weight excluding hydrogens is 277 g/mol. The highest BCUT2D eigenvalue weighted by Gasteiger charge is 2.38. The zero-order chi connectivity index (χ0) is 14.9. The summed E-state index contributed by atoms with van der Waals surface area (Å²) in [5.41, 5.74) is 0.404. The molecule has 1 amide bonds. The molecule has 0 saturated carbocycles. The number of nitrogens with one attached hydrogen (secondary N) is 1. The standard InChI is InChI=1S/C12H9F3N2O3/c13-12(14,15)11(20)16-8-2-1-3-9-7(8)4-5-17(9)6-10(18)19/h1-5H,6H2,(H,16,20)(H,18,19). The van der Waals surface area contributed by atoms with Crippen LogP contribution < -0.4 is 5.32 Å². The van der Waals surface area contributed by atoms with Crippen LogP contribution in [0.4, 0.5) is 18.9 Å². The monoisotopic (exact) mass is 286 g/mol. The molecule has 0 saturated heterocycles. The van der Waals surface area contributed by atoms with E-state index in [1.807, 2.05) is 0 Å². The maximum absolute atomic E-state index is 12.2. The average molecular weight is 286 g/mol. The second-order valence-electron chi connectivity index (χ2n) is 4.03. The van der Waals surface area contributed by atoms with Crippen LogP contribution in [0, 0.1) is 0 Å². The van der Waals surface area contributed by atoms with Crippen molar-refractivity contribution < 1.29 is 27.9 Å². The predicted octanol–water partition coefficient (Wildman–Crippen LogP) is 2.23. The summed E-state index contributed by atoms with van der Waals surface area (Å²) in [7, 11) is 0. The van der Waals surface area contributed by atoms with E-state index in [9.17, 15) is 22.8 Å². The number of carbonyl (C=O) groups is 2. The first-order chi connectivity index (χ1) is 9.29. The predicted molar refractivity (Wildman–Crippen MR) is 64.3 cm³/mol. The Labute approximate surface area is 110 Å². The average Bonchev–Trinajstić information content (AvgIpc) is 2.72. The first-order valence-electron chi connectivity index (χ1n) is 5.47. The Hall–Kier alpha value is -2.51. The normalized spacial score (nSPS) is 11.6. The van der Waals surface area contributed by atoms with Gasteiger partial charge in [0, 0.05) is 11.6 Å². The fourth-order valence-corrected chi connectivity index (χ4v) is 1.81. The van der Waals surface area contributed by atoms with Gasteiger partial charge in [0.1, 0.15) is 6.54 Å². The molecule has 0 unspecified atom stereocenters. The molecule has 106 valence electrons. The molecule has 5 nitrogen and oxygen atoms in total. The van der Waals surface area contributed by atoms with Crippen LogP contribution in [0.25, 0.3) is 10.9 Å². The van der Waals surface area contributed by atoms with Crippen molar-refractivity contribution in [2.75, 3.05) is 5.32 Å². The Morgan fingerprint density at radius 1 is 1.25 bits per heavy atom. The number of fused-ring (bicyclic) bond motifs is 1. The van der Waals surface area contributed by atoms with Gasteiger partial charge in [0.15, 0.2) is 0 Å². The number of benzene rings is 1. The van der Waals surface area contributed by atoms with Crippen molar-refractivity contribution in [2.45, 2.75) is 12.7 Å². The molecule has 1 heterocycles. The SMILES string of the molecule is O=C(O)Cn1ccc2c(NC(=O)C(F)(F)F)cccc21. The second-order valence-corrected chi connectivity index (χ2v) is 4.03. The Morgan fingerprint density at radius 2 is 1.95 bits per heavy atom. The van der Waals surface area contributed by atoms with Crippen LogP contribution in [-0.2, 0) is 16.1 Å². The molecule has 0 bridgehead atoms. The van der Waals surface area contributed by atoms with Gasteiger partial charge in [0.05, 0.1) is 11.2 Å². The summed E-state index contributed by atoms with van der Waals surface area (Å²) in [4.78, 5) is 21.6. The Morgan fingerprint density at radius 3 is 2.55 bits per heavy atom. The van der Waals surface area contributed by atoms with E-state index in [-0.39, 0.29) is 12.2 Å². The van der Waals surface area contributed by atoms with Crippen LogP contribution in [-0.4, -0.2) is 27.7 Å². The van der Waals surface area contributed by atoms with Crippen LogP contribution >= 0.6 is 0 Å². The lowest BCUT2D eigenvalue weighted by atomic mass is 10.2. The summed E-state index contributed by atoms with van der Waals surface area (Å²) in [5, 5.41) is 10.8. The lowest BCUT2D eigenvalue weighted by Gasteiger charge is -2.09. The number of amides is 1. The van der Waals surface area contributed by atoms with Crippen molar-refractivity contribution in [1.29, 1.82) is 0 Å². The third-order valence-electron chi connectivity index (χ3n) is 2.62. The number of aliphatic carboxylic acids is 1. The van der Waals surface area contributed by atoms with Crippen LogP contribution in [0.2, 0.25) is 0 Å². The zero-order valence-corrected chi connectivity index (χ0v) is 9.94. The van der Waals surface area contributed by atoms with Gasteiger partial charge in [-0.3, -0.25) is 9.59 Å². The van der Waals surface area contributed by atoms with E-state index in [4.69, 9.17) is 5.11 Å². The first-order valence-corrected chi connectivity index (χ1v) is 5.47. The summed E-state index contributed by atoms with van der Waals surface area (Å²) in [6.45, 7) is -0.319. The molecule has 8 heteroatoms. The summed E-state index contributed by atoms with van der Waals surface area (Å²) in [6.07, 6.45) is -3.55. The lowest BCUT2D eigenvalue weighted by molar-refractivity contribution is -0.167. The topological polar surface area (TPSA) is 71.3 Å². The number of nitrogens with zero attached hydrogens (tertiary/aromatic N) is 1. The Balaban J connectivity index is 2.39. The van der Waals surface area contributed by atoms with E-state index in [1.54, 1.807) is 11.4 Å². The molecule has 0 aliphatic rings. The van der Waals surface area contributed by atoms with Crippen molar-refractivity contribution in [3.63, 3.8) is 0 Å². The number of hydrogen-bond donors (Lipinski definition) is 2. The number of carbonyl (C=O) groups excluding carboxylic acids is 1. The Bertz CT molecular complexity index is 676. The van der Waals surface area contributed by atoms with Gasteiger partial charge in [-0.25, -0.2) is 0 Å². The van der Waals surface area contributed by atoms with Crippen LogP contribution in [0.15, 0.2) is 30.5 Å². The second kappa shape index (κ2) is 4.87. The number of rotatable bonds is 3. The van der Waals surface area contributed by atoms with E-state index < -0.39 is 18.1 Å². The molecular formula is C12H9F3N2O3. The van der Waals surface area contributed by atoms with Gasteiger partial charge in [0.25, 0.3) is 0 Å². The van der Waals surface area contributed by atoms with Crippen molar-refractivity contribution in [3.8, 4) is 0 Å². The first kappa shape index (κ1) is 13.9. The number of hydrogen-bond acceptors (Lipinski definition) is 2. The van der Waals surface area contributed by atoms with Gasteiger partial charge in [0.2, 0.25) is 0 Å². The van der Waals surface area contributed by atoms with Gasteiger partial charge in [-0.05, 0) is 18.2 Å². The minimum atomic E-state index is -4.98. The van der Waals surface area contributed by atoms with E-state index in [1.165, 1.54) is 29.0 Å². The number of anilines is 1. The third-order valence-corrected chi connectivity index (χ3v) is 2.62. The molecule has 2 rings (SSSR count). The van der Waals surface area contributed by atoms with Gasteiger partial charge < -0.3 is 15.0 Å². The maximum atomic E-state index is 12.2. The largest absolute Gasteiger partial charge is 0.480 e. The molecule has 2 N–H and O–H groups in total. The smallest absolute Gasteiger partial charge is 0.471 e. The van der Waals surface area contributed by atoms with Crippen molar-refractivity contribution in [2.24, 2.45) is 0 Å². The number of halogens is 3. The highest BCUT2D eigenvalue weighted by molar-refractivity contribution is 6.03. The van der Waals surface area contributed by atoms with Crippen LogP contribution in [0.1, 0.15) is 0 Å². The van der Waals surface area contributed by atoms with Gasteiger partial charge >= 0.3 is 18.1 Å². The molecule has 20 heavy (non-hydrogen) atoms. The molecule has 0 atom stereocenters. The summed E-state index contributed by atoms with van der Waals surface area (Å²) < 4.78 is 38.0. The highest BCUT2D eigenvalue weighted by atomic mass is 19.4.